The van der Waals surface area contributed by atoms with E-state index >= 15 is 0 Å². The average Bonchev–Trinajstić information content (AvgIpc) is 2.03. The highest BCUT2D eigenvalue weighted by Crippen LogP contribution is 2.04. The van der Waals surface area contributed by atoms with Crippen molar-refractivity contribution in [3.63, 3.8) is 0 Å². The smallest absolute Gasteiger partial charge is 0.317 e. The number of hydrogen-bond acceptors (Lipinski definition) is 3. The van der Waals surface area contributed by atoms with E-state index < -0.39 is 17.9 Å². The number of primary amides is 1. The van der Waals surface area contributed by atoms with Crippen LogP contribution in [0.5, 0.6) is 0 Å². The van der Waals surface area contributed by atoms with Gasteiger partial charge in [-0.1, -0.05) is 13.8 Å². The van der Waals surface area contributed by atoms with Crippen molar-refractivity contribution in [3.8, 4) is 0 Å². The van der Waals surface area contributed by atoms with Crippen molar-refractivity contribution < 1.29 is 14.7 Å². The molecule has 0 rings (SSSR count). The third-order valence-electron chi connectivity index (χ3n) is 2.01. The number of nitrogens with two attached hydrogens (primary N) is 1. The van der Waals surface area contributed by atoms with E-state index in [2.05, 4.69) is 0 Å². The Morgan fingerprint density at radius 1 is 1.43 bits per heavy atom. The first kappa shape index (κ1) is 12.9. The quantitative estimate of drug-likeness (QED) is 0.611. The molecule has 0 spiro atoms. The van der Waals surface area contributed by atoms with Gasteiger partial charge in [0.15, 0.2) is 0 Å². The maximum Gasteiger partial charge on any atom is 0.317 e. The Morgan fingerprint density at radius 2 is 2.00 bits per heavy atom. The van der Waals surface area contributed by atoms with E-state index in [9.17, 15) is 9.59 Å². The minimum absolute atomic E-state index is 0.130. The minimum Gasteiger partial charge on any atom is -0.480 e. The first-order valence-corrected chi connectivity index (χ1v) is 4.78. The van der Waals surface area contributed by atoms with Crippen LogP contribution in [0.1, 0.15) is 26.7 Å². The van der Waals surface area contributed by atoms with Crippen molar-refractivity contribution >= 4 is 11.9 Å². The van der Waals surface area contributed by atoms with Gasteiger partial charge >= 0.3 is 5.97 Å². The van der Waals surface area contributed by atoms with E-state index in [-0.39, 0.29) is 6.54 Å². The number of amides is 1. The van der Waals surface area contributed by atoms with E-state index in [1.54, 1.807) is 4.90 Å². The largest absolute Gasteiger partial charge is 0.480 e. The summed E-state index contributed by atoms with van der Waals surface area (Å²) in [6.07, 6.45) is 1.35. The van der Waals surface area contributed by atoms with Crippen LogP contribution < -0.4 is 5.73 Å². The van der Waals surface area contributed by atoms with Crippen LogP contribution in [0.25, 0.3) is 0 Å². The summed E-state index contributed by atoms with van der Waals surface area (Å²) in [5.41, 5.74) is 5.18. The first-order chi connectivity index (χ1) is 6.52. The number of aliphatic carboxylic acids is 1. The minimum atomic E-state index is -0.932. The van der Waals surface area contributed by atoms with Crippen molar-refractivity contribution in [1.29, 1.82) is 0 Å². The zero-order chi connectivity index (χ0) is 11.1. The Kier molecular flexibility index (Phi) is 5.87. The topological polar surface area (TPSA) is 83.6 Å². The van der Waals surface area contributed by atoms with Crippen molar-refractivity contribution in [3.05, 3.63) is 0 Å². The molecule has 3 N–H and O–H groups in total. The maximum atomic E-state index is 11.0. The molecule has 0 saturated carbocycles. The van der Waals surface area contributed by atoms with Crippen LogP contribution in [-0.4, -0.2) is 41.0 Å². The van der Waals surface area contributed by atoms with Gasteiger partial charge in [0.25, 0.3) is 0 Å². The molecule has 14 heavy (non-hydrogen) atoms. The summed E-state index contributed by atoms with van der Waals surface area (Å²) >= 11 is 0. The van der Waals surface area contributed by atoms with E-state index in [1.165, 1.54) is 0 Å². The normalized spacial score (nSPS) is 12.8. The predicted octanol–water partition coefficient (Wildman–Crippen LogP) is 0.0469. The van der Waals surface area contributed by atoms with Crippen LogP contribution in [-0.2, 0) is 9.59 Å². The summed E-state index contributed by atoms with van der Waals surface area (Å²) in [6.45, 7) is 4.20. The fourth-order valence-corrected chi connectivity index (χ4v) is 1.45. The zero-order valence-corrected chi connectivity index (χ0v) is 8.69. The summed E-state index contributed by atoms with van der Waals surface area (Å²) in [7, 11) is 0. The number of nitrogens with zero attached hydrogens (tertiary/aromatic N) is 1. The first-order valence-electron chi connectivity index (χ1n) is 4.78. The van der Waals surface area contributed by atoms with Crippen molar-refractivity contribution in [1.82, 2.24) is 4.90 Å². The number of carboxylic acids is 1. The molecule has 0 radical (unpaired) electrons. The monoisotopic (exact) mass is 202 g/mol. The molecule has 5 nitrogen and oxygen atoms in total. The highest BCUT2D eigenvalue weighted by molar-refractivity contribution is 5.80. The summed E-state index contributed by atoms with van der Waals surface area (Å²) in [6, 6.07) is -0.467. The fraction of sp³-hybridized carbons (Fsp3) is 0.778. The van der Waals surface area contributed by atoms with Gasteiger partial charge in [-0.25, -0.2) is 0 Å². The van der Waals surface area contributed by atoms with Gasteiger partial charge in [-0.2, -0.15) is 0 Å². The van der Waals surface area contributed by atoms with Crippen molar-refractivity contribution in [2.24, 2.45) is 5.73 Å². The summed E-state index contributed by atoms with van der Waals surface area (Å²) < 4.78 is 0. The van der Waals surface area contributed by atoms with Gasteiger partial charge in [0.1, 0.15) is 0 Å². The van der Waals surface area contributed by atoms with Crippen LogP contribution in [0, 0.1) is 0 Å². The molecule has 0 aromatic heterocycles. The van der Waals surface area contributed by atoms with E-state index in [0.29, 0.717) is 13.0 Å². The molecule has 1 amide bonds. The lowest BCUT2D eigenvalue weighted by molar-refractivity contribution is -0.139. The lowest BCUT2D eigenvalue weighted by Crippen LogP contribution is -2.46. The molecular formula is C9H18N2O3. The zero-order valence-electron chi connectivity index (χ0n) is 8.69. The second-order valence-electron chi connectivity index (χ2n) is 3.19. The molecule has 0 bridgehead atoms. The molecule has 1 atom stereocenters. The van der Waals surface area contributed by atoms with Crippen LogP contribution in [0.4, 0.5) is 0 Å². The second kappa shape index (κ2) is 6.37. The molecule has 1 unspecified atom stereocenters. The van der Waals surface area contributed by atoms with Gasteiger partial charge in [-0.15, -0.1) is 0 Å². The van der Waals surface area contributed by atoms with Gasteiger partial charge < -0.3 is 10.8 Å². The van der Waals surface area contributed by atoms with Crippen molar-refractivity contribution in [2.45, 2.75) is 32.7 Å². The molecule has 5 heteroatoms. The summed E-state index contributed by atoms with van der Waals surface area (Å²) in [5, 5.41) is 8.64. The van der Waals surface area contributed by atoms with Gasteiger partial charge in [-0.05, 0) is 19.4 Å². The van der Waals surface area contributed by atoms with Crippen LogP contribution in [0.2, 0.25) is 0 Å². The Morgan fingerprint density at radius 3 is 2.29 bits per heavy atom. The third-order valence-corrected chi connectivity index (χ3v) is 2.01. The Hall–Kier alpha value is -1.10. The number of rotatable bonds is 7. The van der Waals surface area contributed by atoms with Crippen LogP contribution in [0.15, 0.2) is 0 Å². The fourth-order valence-electron chi connectivity index (χ4n) is 1.45. The van der Waals surface area contributed by atoms with Gasteiger partial charge in [0, 0.05) is 0 Å². The number of carbonyl (C=O) groups excluding carboxylic acids is 1. The van der Waals surface area contributed by atoms with Gasteiger partial charge in [-0.3, -0.25) is 14.5 Å². The average molecular weight is 202 g/mol. The van der Waals surface area contributed by atoms with Gasteiger partial charge in [0.2, 0.25) is 5.91 Å². The van der Waals surface area contributed by atoms with E-state index in [0.717, 1.165) is 6.42 Å². The third kappa shape index (κ3) is 4.23. The van der Waals surface area contributed by atoms with E-state index in [4.69, 9.17) is 10.8 Å². The molecule has 0 fully saturated rings. The Bertz CT molecular complexity index is 206. The highest BCUT2D eigenvalue weighted by atomic mass is 16.4. The molecule has 0 aromatic carbocycles. The number of carboxylic acid groups (broad SMARTS) is 1. The molecule has 82 valence electrons. The van der Waals surface area contributed by atoms with E-state index in [1.807, 2.05) is 13.8 Å². The Balaban J connectivity index is 4.42. The van der Waals surface area contributed by atoms with Crippen LogP contribution in [0.3, 0.4) is 0 Å². The molecule has 0 heterocycles. The molecule has 0 aliphatic rings. The SMILES string of the molecule is CCCN(CC(=O)O)C(CC)C(N)=O. The molecule has 0 saturated heterocycles. The molecule has 0 aromatic rings. The number of carbonyl (C=O) groups is 2. The second-order valence-corrected chi connectivity index (χ2v) is 3.19. The molecule has 0 aliphatic heterocycles. The predicted molar refractivity (Wildman–Crippen MR) is 52.8 cm³/mol. The number of hydrogen-bond donors (Lipinski definition) is 2. The van der Waals surface area contributed by atoms with Crippen LogP contribution >= 0.6 is 0 Å². The Labute approximate surface area is 83.9 Å². The van der Waals surface area contributed by atoms with Gasteiger partial charge in [0.05, 0.1) is 12.6 Å². The lowest BCUT2D eigenvalue weighted by atomic mass is 10.1. The summed E-state index contributed by atoms with van der Waals surface area (Å²) in [5.74, 6) is -1.39. The summed E-state index contributed by atoms with van der Waals surface area (Å²) in [4.78, 5) is 23.2. The van der Waals surface area contributed by atoms with Crippen molar-refractivity contribution in [2.75, 3.05) is 13.1 Å². The maximum absolute atomic E-state index is 11.0. The lowest BCUT2D eigenvalue weighted by Gasteiger charge is -2.26. The highest BCUT2D eigenvalue weighted by Gasteiger charge is 2.22. The molecule has 0 aliphatic carbocycles. The standard InChI is InChI=1S/C9H18N2O3/c1-3-5-11(6-8(12)13)7(4-2)9(10)14/h7H,3-6H2,1-2H3,(H2,10,14)(H,12,13). The molecular weight excluding hydrogens is 184 g/mol.